The molecule has 17 heavy (non-hydrogen) atoms. The summed E-state index contributed by atoms with van der Waals surface area (Å²) in [5.74, 6) is -0.276. The Hall–Kier alpha value is -1.98. The molecule has 0 N–H and O–H groups in total. The topological polar surface area (TPSA) is 52.3 Å². The average Bonchev–Trinajstić information content (AvgIpc) is 2.67. The maximum absolute atomic E-state index is 12.4. The minimum Gasteiger partial charge on any atom is -0.456 e. The molecule has 1 aromatic carbocycles. The van der Waals surface area contributed by atoms with E-state index in [0.717, 1.165) is 0 Å². The van der Waals surface area contributed by atoms with Crippen LogP contribution in [0.2, 0.25) is 0 Å². The molecule has 0 aliphatic carbocycles. The molecule has 0 saturated heterocycles. The third kappa shape index (κ3) is 2.58. The normalized spacial score (nSPS) is 11.1. The van der Waals surface area contributed by atoms with Crippen molar-refractivity contribution < 1.29 is 22.7 Å². The summed E-state index contributed by atoms with van der Waals surface area (Å²) in [4.78, 5) is 14.6. The van der Waals surface area contributed by atoms with Crippen LogP contribution in [0.5, 0.6) is 0 Å². The van der Waals surface area contributed by atoms with Gasteiger partial charge in [0.05, 0.1) is 0 Å². The highest BCUT2D eigenvalue weighted by Gasteiger charge is 2.12. The van der Waals surface area contributed by atoms with Crippen molar-refractivity contribution in [3.63, 3.8) is 0 Å². The van der Waals surface area contributed by atoms with Crippen LogP contribution in [0.1, 0.15) is 24.8 Å². The molecule has 1 aromatic heterocycles. The van der Waals surface area contributed by atoms with E-state index in [1.165, 1.54) is 25.1 Å². The quantitative estimate of drug-likeness (QED) is 0.775. The van der Waals surface area contributed by atoms with E-state index in [1.54, 1.807) is 0 Å². The monoisotopic (exact) mass is 241 g/mol. The number of nitrogens with zero attached hydrogens (tertiary/aromatic N) is 1. The molecule has 6 heteroatoms. The summed E-state index contributed by atoms with van der Waals surface area (Å²) in [7, 11) is 0. The SMILES string of the molecule is CC(=O)OCc1nc2ccc(C(F)F)cc2o1. The summed E-state index contributed by atoms with van der Waals surface area (Å²) in [5.41, 5.74) is 0.578. The summed E-state index contributed by atoms with van der Waals surface area (Å²) < 4.78 is 34.7. The first kappa shape index (κ1) is 11.5. The van der Waals surface area contributed by atoms with Gasteiger partial charge in [-0.2, -0.15) is 0 Å². The number of carbonyl (C=O) groups excluding carboxylic acids is 1. The Kier molecular flexibility index (Phi) is 3.03. The molecule has 0 aliphatic heterocycles. The number of hydrogen-bond acceptors (Lipinski definition) is 4. The maximum atomic E-state index is 12.4. The van der Waals surface area contributed by atoms with Crippen molar-refractivity contribution in [2.24, 2.45) is 0 Å². The minimum absolute atomic E-state index is 0.103. The summed E-state index contributed by atoms with van der Waals surface area (Å²) in [6.45, 7) is 1.16. The number of oxazole rings is 1. The Morgan fingerprint density at radius 2 is 2.29 bits per heavy atom. The fourth-order valence-electron chi connectivity index (χ4n) is 1.35. The van der Waals surface area contributed by atoms with E-state index in [4.69, 9.17) is 9.15 Å². The van der Waals surface area contributed by atoms with Crippen LogP contribution in [0.3, 0.4) is 0 Å². The molecule has 4 nitrogen and oxygen atoms in total. The van der Waals surface area contributed by atoms with Crippen LogP contribution in [-0.2, 0) is 16.1 Å². The Labute approximate surface area is 95.2 Å². The fourth-order valence-corrected chi connectivity index (χ4v) is 1.35. The molecule has 0 radical (unpaired) electrons. The third-order valence-electron chi connectivity index (χ3n) is 2.11. The lowest BCUT2D eigenvalue weighted by molar-refractivity contribution is -0.142. The number of halogens is 2. The van der Waals surface area contributed by atoms with E-state index in [0.29, 0.717) is 5.52 Å². The smallest absolute Gasteiger partial charge is 0.303 e. The van der Waals surface area contributed by atoms with Crippen LogP contribution in [0, 0.1) is 0 Å². The van der Waals surface area contributed by atoms with Crippen molar-refractivity contribution in [1.82, 2.24) is 4.98 Å². The van der Waals surface area contributed by atoms with Gasteiger partial charge in [-0.25, -0.2) is 13.8 Å². The lowest BCUT2D eigenvalue weighted by Gasteiger charge is -1.96. The highest BCUT2D eigenvalue weighted by Crippen LogP contribution is 2.24. The summed E-state index contributed by atoms with van der Waals surface area (Å²) in [5, 5.41) is 0. The van der Waals surface area contributed by atoms with Crippen LogP contribution in [0.15, 0.2) is 22.6 Å². The van der Waals surface area contributed by atoms with Crippen molar-refractivity contribution in [2.45, 2.75) is 20.0 Å². The summed E-state index contributed by atoms with van der Waals surface area (Å²) >= 11 is 0. The Morgan fingerprint density at radius 1 is 1.53 bits per heavy atom. The van der Waals surface area contributed by atoms with Crippen LogP contribution in [0.25, 0.3) is 11.1 Å². The van der Waals surface area contributed by atoms with Gasteiger partial charge in [-0.3, -0.25) is 4.79 Å². The summed E-state index contributed by atoms with van der Waals surface area (Å²) in [6.07, 6.45) is -2.55. The van der Waals surface area contributed by atoms with E-state index in [2.05, 4.69) is 4.98 Å². The molecule has 0 saturated carbocycles. The average molecular weight is 241 g/mol. The number of ether oxygens (including phenoxy) is 1. The van der Waals surface area contributed by atoms with Crippen LogP contribution < -0.4 is 0 Å². The minimum atomic E-state index is -2.55. The number of aromatic nitrogens is 1. The first-order valence-electron chi connectivity index (χ1n) is 4.87. The number of carbonyl (C=O) groups is 1. The number of rotatable bonds is 3. The lowest BCUT2D eigenvalue weighted by Crippen LogP contribution is -1.98. The van der Waals surface area contributed by atoms with Gasteiger partial charge in [-0.15, -0.1) is 0 Å². The zero-order valence-electron chi connectivity index (χ0n) is 8.94. The van der Waals surface area contributed by atoms with E-state index < -0.39 is 12.4 Å². The van der Waals surface area contributed by atoms with E-state index >= 15 is 0 Å². The summed E-state index contributed by atoms with van der Waals surface area (Å²) in [6, 6.07) is 3.95. The molecule has 0 amide bonds. The molecule has 0 fully saturated rings. The van der Waals surface area contributed by atoms with Crippen LogP contribution >= 0.6 is 0 Å². The van der Waals surface area contributed by atoms with Gasteiger partial charge in [-0.1, -0.05) is 6.07 Å². The zero-order chi connectivity index (χ0) is 12.4. The Balaban J connectivity index is 2.27. The van der Waals surface area contributed by atoms with Crippen molar-refractivity contribution >= 4 is 17.1 Å². The molecule has 90 valence electrons. The highest BCUT2D eigenvalue weighted by molar-refractivity contribution is 5.73. The van der Waals surface area contributed by atoms with Gasteiger partial charge in [0.25, 0.3) is 6.43 Å². The number of fused-ring (bicyclic) bond motifs is 1. The van der Waals surface area contributed by atoms with Crippen molar-refractivity contribution in [1.29, 1.82) is 0 Å². The molecule has 0 atom stereocenters. The van der Waals surface area contributed by atoms with Gasteiger partial charge in [0.1, 0.15) is 5.52 Å². The standard InChI is InChI=1S/C11H9F2NO3/c1-6(15)16-5-10-14-8-3-2-7(11(12)13)4-9(8)17-10/h2-4,11H,5H2,1H3. The van der Waals surface area contributed by atoms with Crippen molar-refractivity contribution in [2.75, 3.05) is 0 Å². The van der Waals surface area contributed by atoms with Gasteiger partial charge in [0, 0.05) is 12.5 Å². The van der Waals surface area contributed by atoms with Crippen molar-refractivity contribution in [3.05, 3.63) is 29.7 Å². The Morgan fingerprint density at radius 3 is 2.94 bits per heavy atom. The molecule has 2 aromatic rings. The number of alkyl halides is 2. The van der Waals surface area contributed by atoms with E-state index in [-0.39, 0.29) is 23.6 Å². The molecule has 0 unspecified atom stereocenters. The molecule has 1 heterocycles. The van der Waals surface area contributed by atoms with Gasteiger partial charge in [0.15, 0.2) is 12.2 Å². The second-order valence-electron chi connectivity index (χ2n) is 3.42. The fraction of sp³-hybridized carbons (Fsp3) is 0.273. The zero-order valence-corrected chi connectivity index (χ0v) is 8.94. The Bertz CT molecular complexity index is 551. The van der Waals surface area contributed by atoms with Crippen LogP contribution in [-0.4, -0.2) is 11.0 Å². The first-order chi connectivity index (χ1) is 8.06. The number of esters is 1. The number of hydrogen-bond donors (Lipinski definition) is 0. The van der Waals surface area contributed by atoms with Gasteiger partial charge >= 0.3 is 5.97 Å². The predicted octanol–water partition coefficient (Wildman–Crippen LogP) is 2.83. The van der Waals surface area contributed by atoms with Gasteiger partial charge < -0.3 is 9.15 Å². The van der Waals surface area contributed by atoms with E-state index in [9.17, 15) is 13.6 Å². The van der Waals surface area contributed by atoms with Crippen LogP contribution in [0.4, 0.5) is 8.78 Å². The predicted molar refractivity (Wildman–Crippen MR) is 54.4 cm³/mol. The molecular weight excluding hydrogens is 232 g/mol. The third-order valence-corrected chi connectivity index (χ3v) is 2.11. The van der Waals surface area contributed by atoms with Crippen molar-refractivity contribution in [3.8, 4) is 0 Å². The maximum Gasteiger partial charge on any atom is 0.303 e. The lowest BCUT2D eigenvalue weighted by atomic mass is 10.2. The van der Waals surface area contributed by atoms with Gasteiger partial charge in [0.2, 0.25) is 5.89 Å². The van der Waals surface area contributed by atoms with Gasteiger partial charge in [-0.05, 0) is 12.1 Å². The second-order valence-corrected chi connectivity index (χ2v) is 3.42. The molecule has 0 bridgehead atoms. The molecule has 0 aliphatic rings. The molecule has 0 spiro atoms. The largest absolute Gasteiger partial charge is 0.456 e. The highest BCUT2D eigenvalue weighted by atomic mass is 19.3. The van der Waals surface area contributed by atoms with E-state index in [1.807, 2.05) is 0 Å². The second kappa shape index (κ2) is 4.48. The first-order valence-corrected chi connectivity index (χ1v) is 4.87. The molecular formula is C11H9F2NO3. The molecule has 2 rings (SSSR count). The number of benzene rings is 1.